The Hall–Kier alpha value is -1.03. The molecule has 0 heterocycles. The van der Waals surface area contributed by atoms with E-state index in [0.29, 0.717) is 6.54 Å². The van der Waals surface area contributed by atoms with Gasteiger partial charge in [-0.2, -0.15) is 0 Å². The van der Waals surface area contributed by atoms with Crippen LogP contribution in [0, 0.1) is 6.92 Å². The van der Waals surface area contributed by atoms with Crippen LogP contribution in [0.3, 0.4) is 0 Å². The standard InChI is InChI=1S/C14H21BrN2O/c1-4-5-11(3)17-14(18)9-16-12-6-7-13(15)10(2)8-12/h6-8,11,16H,4-5,9H2,1-3H3,(H,17,18). The molecule has 0 aliphatic carbocycles. The van der Waals surface area contributed by atoms with E-state index in [9.17, 15) is 4.79 Å². The molecule has 0 aromatic heterocycles. The van der Waals surface area contributed by atoms with Crippen molar-refractivity contribution < 1.29 is 4.79 Å². The van der Waals surface area contributed by atoms with E-state index in [0.717, 1.165) is 28.6 Å². The summed E-state index contributed by atoms with van der Waals surface area (Å²) in [6, 6.07) is 6.21. The average Bonchev–Trinajstić information content (AvgIpc) is 2.31. The van der Waals surface area contributed by atoms with Crippen molar-refractivity contribution in [1.29, 1.82) is 0 Å². The van der Waals surface area contributed by atoms with Gasteiger partial charge >= 0.3 is 0 Å². The first kappa shape index (κ1) is 15.0. The summed E-state index contributed by atoms with van der Waals surface area (Å²) in [7, 11) is 0. The number of hydrogen-bond acceptors (Lipinski definition) is 2. The van der Waals surface area contributed by atoms with Crippen LogP contribution in [-0.4, -0.2) is 18.5 Å². The number of halogens is 1. The van der Waals surface area contributed by atoms with E-state index in [1.807, 2.05) is 32.0 Å². The Morgan fingerprint density at radius 3 is 2.78 bits per heavy atom. The van der Waals surface area contributed by atoms with Crippen molar-refractivity contribution in [2.75, 3.05) is 11.9 Å². The molecule has 1 aromatic rings. The highest BCUT2D eigenvalue weighted by molar-refractivity contribution is 9.10. The van der Waals surface area contributed by atoms with Crippen LogP contribution in [0.15, 0.2) is 22.7 Å². The van der Waals surface area contributed by atoms with E-state index in [1.165, 1.54) is 0 Å². The maximum Gasteiger partial charge on any atom is 0.239 e. The van der Waals surface area contributed by atoms with E-state index >= 15 is 0 Å². The van der Waals surface area contributed by atoms with Crippen molar-refractivity contribution >= 4 is 27.5 Å². The predicted molar refractivity (Wildman–Crippen MR) is 79.9 cm³/mol. The van der Waals surface area contributed by atoms with Crippen LogP contribution in [0.25, 0.3) is 0 Å². The van der Waals surface area contributed by atoms with Crippen LogP contribution in [-0.2, 0) is 4.79 Å². The lowest BCUT2D eigenvalue weighted by Crippen LogP contribution is -2.36. The predicted octanol–water partition coefficient (Wildman–Crippen LogP) is 3.47. The first-order chi connectivity index (χ1) is 8.52. The van der Waals surface area contributed by atoms with Gasteiger partial charge in [0.1, 0.15) is 0 Å². The van der Waals surface area contributed by atoms with Gasteiger partial charge in [0, 0.05) is 16.2 Å². The monoisotopic (exact) mass is 312 g/mol. The zero-order valence-electron chi connectivity index (χ0n) is 11.2. The summed E-state index contributed by atoms with van der Waals surface area (Å²) >= 11 is 3.45. The summed E-state index contributed by atoms with van der Waals surface area (Å²) < 4.78 is 1.08. The Morgan fingerprint density at radius 1 is 1.44 bits per heavy atom. The maximum atomic E-state index is 11.7. The molecule has 0 fully saturated rings. The molecule has 2 N–H and O–H groups in total. The highest BCUT2D eigenvalue weighted by atomic mass is 79.9. The van der Waals surface area contributed by atoms with E-state index in [4.69, 9.17) is 0 Å². The molecule has 0 bridgehead atoms. The van der Waals surface area contributed by atoms with Gasteiger partial charge in [-0.15, -0.1) is 0 Å². The molecular formula is C14H21BrN2O. The molecular weight excluding hydrogens is 292 g/mol. The Labute approximate surface area is 117 Å². The Balaban J connectivity index is 2.40. The second-order valence-corrected chi connectivity index (χ2v) is 5.43. The molecule has 0 saturated carbocycles. The molecule has 0 saturated heterocycles. The number of nitrogens with one attached hydrogen (secondary N) is 2. The Morgan fingerprint density at radius 2 is 2.17 bits per heavy atom. The van der Waals surface area contributed by atoms with Crippen LogP contribution < -0.4 is 10.6 Å². The molecule has 3 nitrogen and oxygen atoms in total. The average molecular weight is 313 g/mol. The molecule has 100 valence electrons. The van der Waals surface area contributed by atoms with Gasteiger partial charge in [0.25, 0.3) is 0 Å². The fourth-order valence-corrected chi connectivity index (χ4v) is 2.01. The highest BCUT2D eigenvalue weighted by Gasteiger charge is 2.06. The van der Waals surface area contributed by atoms with E-state index in [1.54, 1.807) is 0 Å². The van der Waals surface area contributed by atoms with Crippen LogP contribution in [0.2, 0.25) is 0 Å². The number of anilines is 1. The molecule has 0 spiro atoms. The SMILES string of the molecule is CCCC(C)NC(=O)CNc1ccc(Br)c(C)c1. The maximum absolute atomic E-state index is 11.7. The number of benzene rings is 1. The largest absolute Gasteiger partial charge is 0.376 e. The lowest BCUT2D eigenvalue weighted by Gasteiger charge is -2.13. The van der Waals surface area contributed by atoms with Crippen molar-refractivity contribution in [3.8, 4) is 0 Å². The normalized spacial score (nSPS) is 12.0. The third kappa shape index (κ3) is 5.08. The summed E-state index contributed by atoms with van der Waals surface area (Å²) in [5, 5.41) is 6.09. The van der Waals surface area contributed by atoms with Gasteiger partial charge in [0.05, 0.1) is 6.54 Å². The minimum atomic E-state index is 0.0384. The minimum Gasteiger partial charge on any atom is -0.376 e. The molecule has 1 atom stereocenters. The molecule has 4 heteroatoms. The van der Waals surface area contributed by atoms with E-state index in [-0.39, 0.29) is 11.9 Å². The summed E-state index contributed by atoms with van der Waals surface area (Å²) in [5.74, 6) is 0.0384. The molecule has 1 rings (SSSR count). The van der Waals surface area contributed by atoms with Crippen molar-refractivity contribution in [3.63, 3.8) is 0 Å². The zero-order chi connectivity index (χ0) is 13.5. The number of hydrogen-bond donors (Lipinski definition) is 2. The van der Waals surface area contributed by atoms with Gasteiger partial charge < -0.3 is 10.6 Å². The van der Waals surface area contributed by atoms with Crippen LogP contribution in [0.5, 0.6) is 0 Å². The van der Waals surface area contributed by atoms with Crippen LogP contribution in [0.4, 0.5) is 5.69 Å². The molecule has 1 unspecified atom stereocenters. The third-order valence-corrected chi connectivity index (χ3v) is 3.63. The lowest BCUT2D eigenvalue weighted by atomic mass is 10.2. The third-order valence-electron chi connectivity index (χ3n) is 2.74. The fraction of sp³-hybridized carbons (Fsp3) is 0.500. The summed E-state index contributed by atoms with van der Waals surface area (Å²) in [5.41, 5.74) is 2.12. The molecule has 1 aromatic carbocycles. The van der Waals surface area contributed by atoms with Crippen LogP contribution >= 0.6 is 15.9 Å². The van der Waals surface area contributed by atoms with Crippen molar-refractivity contribution in [2.24, 2.45) is 0 Å². The van der Waals surface area contributed by atoms with Crippen molar-refractivity contribution in [1.82, 2.24) is 5.32 Å². The fourth-order valence-electron chi connectivity index (χ4n) is 1.77. The second kappa shape index (κ2) is 7.41. The topological polar surface area (TPSA) is 41.1 Å². The van der Waals surface area contributed by atoms with E-state index < -0.39 is 0 Å². The number of aryl methyl sites for hydroxylation is 1. The molecule has 1 amide bonds. The quantitative estimate of drug-likeness (QED) is 0.844. The van der Waals surface area contributed by atoms with Gasteiger partial charge in [-0.25, -0.2) is 0 Å². The van der Waals surface area contributed by atoms with E-state index in [2.05, 4.69) is 33.5 Å². The number of carbonyl (C=O) groups is 1. The van der Waals surface area contributed by atoms with Gasteiger partial charge in [-0.3, -0.25) is 4.79 Å². The summed E-state index contributed by atoms with van der Waals surface area (Å²) in [4.78, 5) is 11.7. The van der Waals surface area contributed by atoms with Crippen molar-refractivity contribution in [3.05, 3.63) is 28.2 Å². The summed E-state index contributed by atoms with van der Waals surface area (Å²) in [6.45, 7) is 6.49. The summed E-state index contributed by atoms with van der Waals surface area (Å²) in [6.07, 6.45) is 2.10. The number of carbonyl (C=O) groups excluding carboxylic acids is 1. The number of rotatable bonds is 6. The highest BCUT2D eigenvalue weighted by Crippen LogP contribution is 2.19. The van der Waals surface area contributed by atoms with Gasteiger partial charge in [-0.05, 0) is 44.0 Å². The Bertz CT molecular complexity index is 407. The minimum absolute atomic E-state index is 0.0384. The Kier molecular flexibility index (Phi) is 6.19. The second-order valence-electron chi connectivity index (χ2n) is 4.57. The van der Waals surface area contributed by atoms with Crippen molar-refractivity contribution in [2.45, 2.75) is 39.7 Å². The van der Waals surface area contributed by atoms with Gasteiger partial charge in [-0.1, -0.05) is 29.3 Å². The first-order valence-corrected chi connectivity index (χ1v) is 7.11. The van der Waals surface area contributed by atoms with Gasteiger partial charge in [0.15, 0.2) is 0 Å². The molecule has 0 radical (unpaired) electrons. The molecule has 0 aliphatic rings. The molecule has 18 heavy (non-hydrogen) atoms. The molecule has 0 aliphatic heterocycles. The van der Waals surface area contributed by atoms with Crippen LogP contribution in [0.1, 0.15) is 32.3 Å². The first-order valence-electron chi connectivity index (χ1n) is 6.32. The zero-order valence-corrected chi connectivity index (χ0v) is 12.8. The number of amides is 1. The smallest absolute Gasteiger partial charge is 0.239 e. The van der Waals surface area contributed by atoms with Gasteiger partial charge in [0.2, 0.25) is 5.91 Å². The lowest BCUT2D eigenvalue weighted by molar-refractivity contribution is -0.120.